The maximum atomic E-state index is 14.4. The van der Waals surface area contributed by atoms with E-state index in [1.165, 1.54) is 29.3 Å². The molecule has 0 spiro atoms. The lowest BCUT2D eigenvalue weighted by Crippen LogP contribution is -2.49. The molecule has 3 aromatic rings. The number of hydrogen-bond acceptors (Lipinski definition) is 6. The van der Waals surface area contributed by atoms with E-state index in [0.717, 1.165) is 0 Å². The smallest absolute Gasteiger partial charge is 0.261 e. The minimum absolute atomic E-state index is 0.0514. The van der Waals surface area contributed by atoms with Crippen molar-refractivity contribution in [2.75, 3.05) is 36.8 Å². The Kier molecular flexibility index (Phi) is 6.27. The van der Waals surface area contributed by atoms with Gasteiger partial charge in [0, 0.05) is 38.8 Å². The minimum atomic E-state index is -0.434. The number of anilines is 1. The molecule has 1 aliphatic heterocycles. The standard InChI is InChI=1S/C23H23FN4O3S/c1-15(29)16-7-8-20(18(24)13-16)27-9-11-28(12-10-27)21(30)14-32-23-25-19-6-4-3-5-17(19)22(31)26(23)2/h3-8,13H,9-12,14H2,1-2H3. The van der Waals surface area contributed by atoms with Crippen LogP contribution in [0.1, 0.15) is 17.3 Å². The molecule has 1 aliphatic rings. The molecule has 9 heteroatoms. The van der Waals surface area contributed by atoms with Crippen LogP contribution in [0, 0.1) is 5.82 Å². The number of para-hydroxylation sites is 1. The van der Waals surface area contributed by atoms with Crippen LogP contribution in [0.25, 0.3) is 10.9 Å². The molecule has 0 aliphatic carbocycles. The van der Waals surface area contributed by atoms with Crippen LogP contribution in [-0.2, 0) is 11.8 Å². The normalized spacial score (nSPS) is 14.1. The van der Waals surface area contributed by atoms with Crippen molar-refractivity contribution in [1.82, 2.24) is 14.5 Å². The van der Waals surface area contributed by atoms with E-state index in [1.807, 2.05) is 11.0 Å². The first kappa shape index (κ1) is 22.0. The summed E-state index contributed by atoms with van der Waals surface area (Å²) in [7, 11) is 1.65. The van der Waals surface area contributed by atoms with Gasteiger partial charge < -0.3 is 9.80 Å². The second-order valence-electron chi connectivity index (χ2n) is 7.65. The Balaban J connectivity index is 1.37. The van der Waals surface area contributed by atoms with Crippen molar-refractivity contribution in [3.63, 3.8) is 0 Å². The summed E-state index contributed by atoms with van der Waals surface area (Å²) in [6.07, 6.45) is 0. The number of benzene rings is 2. The highest BCUT2D eigenvalue weighted by Gasteiger charge is 2.23. The molecule has 0 atom stereocenters. The molecule has 166 valence electrons. The number of Topliss-reactive ketones (excluding diaryl/α,β-unsaturated/α-hetero) is 1. The molecule has 1 saturated heterocycles. The van der Waals surface area contributed by atoms with Gasteiger partial charge in [0.25, 0.3) is 5.56 Å². The zero-order chi connectivity index (χ0) is 22.8. The number of amides is 1. The Labute approximate surface area is 188 Å². The fourth-order valence-electron chi connectivity index (χ4n) is 3.72. The van der Waals surface area contributed by atoms with Gasteiger partial charge in [0.2, 0.25) is 5.91 Å². The highest BCUT2D eigenvalue weighted by Crippen LogP contribution is 2.23. The fraction of sp³-hybridized carbons (Fsp3) is 0.304. The predicted molar refractivity (Wildman–Crippen MR) is 123 cm³/mol. The van der Waals surface area contributed by atoms with E-state index in [1.54, 1.807) is 42.3 Å². The second-order valence-corrected chi connectivity index (χ2v) is 8.60. The average molecular weight is 455 g/mol. The van der Waals surface area contributed by atoms with Crippen LogP contribution in [0.4, 0.5) is 10.1 Å². The van der Waals surface area contributed by atoms with Gasteiger partial charge in [-0.05, 0) is 37.3 Å². The molecule has 0 bridgehead atoms. The average Bonchev–Trinajstić information content (AvgIpc) is 2.80. The van der Waals surface area contributed by atoms with Crippen molar-refractivity contribution >= 4 is 40.0 Å². The molecule has 4 rings (SSSR count). The second kappa shape index (κ2) is 9.12. The van der Waals surface area contributed by atoms with E-state index in [-0.39, 0.29) is 23.0 Å². The quantitative estimate of drug-likeness (QED) is 0.335. The number of fused-ring (bicyclic) bond motifs is 1. The maximum absolute atomic E-state index is 14.4. The largest absolute Gasteiger partial charge is 0.366 e. The van der Waals surface area contributed by atoms with Crippen LogP contribution in [0.5, 0.6) is 0 Å². The minimum Gasteiger partial charge on any atom is -0.366 e. The van der Waals surface area contributed by atoms with Crippen LogP contribution in [0.3, 0.4) is 0 Å². The molecule has 0 saturated carbocycles. The third kappa shape index (κ3) is 4.38. The first-order valence-electron chi connectivity index (χ1n) is 10.3. The number of hydrogen-bond donors (Lipinski definition) is 0. The zero-order valence-corrected chi connectivity index (χ0v) is 18.7. The van der Waals surface area contributed by atoms with Gasteiger partial charge in [0.05, 0.1) is 22.3 Å². The van der Waals surface area contributed by atoms with E-state index >= 15 is 0 Å². The maximum Gasteiger partial charge on any atom is 0.261 e. The van der Waals surface area contributed by atoms with Gasteiger partial charge in [-0.1, -0.05) is 23.9 Å². The number of halogens is 1. The Morgan fingerprint density at radius 2 is 1.81 bits per heavy atom. The molecule has 0 radical (unpaired) electrons. The number of piperazine rings is 1. The van der Waals surface area contributed by atoms with Gasteiger partial charge in [0.1, 0.15) is 5.82 Å². The van der Waals surface area contributed by atoms with Crippen LogP contribution in [0.15, 0.2) is 52.4 Å². The molecule has 1 aromatic heterocycles. The third-order valence-corrected chi connectivity index (χ3v) is 6.61. The molecular weight excluding hydrogens is 431 g/mol. The highest BCUT2D eigenvalue weighted by atomic mass is 32.2. The molecule has 1 fully saturated rings. The summed E-state index contributed by atoms with van der Waals surface area (Å²) in [6.45, 7) is 3.34. The van der Waals surface area contributed by atoms with Gasteiger partial charge in [0.15, 0.2) is 10.9 Å². The zero-order valence-electron chi connectivity index (χ0n) is 17.9. The Bertz CT molecular complexity index is 1250. The lowest BCUT2D eigenvalue weighted by Gasteiger charge is -2.36. The third-order valence-electron chi connectivity index (χ3n) is 5.59. The molecule has 0 unspecified atom stereocenters. The Morgan fingerprint density at radius 3 is 2.50 bits per heavy atom. The van der Waals surface area contributed by atoms with Gasteiger partial charge in [-0.2, -0.15) is 0 Å². The summed E-state index contributed by atoms with van der Waals surface area (Å²) in [6, 6.07) is 11.6. The van der Waals surface area contributed by atoms with Crippen LogP contribution >= 0.6 is 11.8 Å². The molecule has 0 N–H and O–H groups in total. The van der Waals surface area contributed by atoms with Crippen LogP contribution < -0.4 is 10.5 Å². The van der Waals surface area contributed by atoms with Crippen molar-refractivity contribution in [2.45, 2.75) is 12.1 Å². The van der Waals surface area contributed by atoms with Crippen molar-refractivity contribution in [3.8, 4) is 0 Å². The van der Waals surface area contributed by atoms with Gasteiger partial charge >= 0.3 is 0 Å². The van der Waals surface area contributed by atoms with Crippen LogP contribution in [0.2, 0.25) is 0 Å². The lowest BCUT2D eigenvalue weighted by molar-refractivity contribution is -0.128. The molecule has 2 aromatic carbocycles. The van der Waals surface area contributed by atoms with Crippen LogP contribution in [-0.4, -0.2) is 58.1 Å². The number of nitrogens with zero attached hydrogens (tertiary/aromatic N) is 4. The Morgan fingerprint density at radius 1 is 1.09 bits per heavy atom. The molecule has 2 heterocycles. The van der Waals surface area contributed by atoms with E-state index in [9.17, 15) is 18.8 Å². The number of aromatic nitrogens is 2. The van der Waals surface area contributed by atoms with Crippen molar-refractivity contribution < 1.29 is 14.0 Å². The fourth-order valence-corrected chi connectivity index (χ4v) is 4.60. The molecular formula is C23H23FN4O3S. The van der Waals surface area contributed by atoms with Crippen molar-refractivity contribution in [2.24, 2.45) is 7.05 Å². The summed E-state index contributed by atoms with van der Waals surface area (Å²) < 4.78 is 15.9. The number of rotatable bonds is 5. The summed E-state index contributed by atoms with van der Waals surface area (Å²) in [5.74, 6) is -0.497. The van der Waals surface area contributed by atoms with E-state index < -0.39 is 5.82 Å². The van der Waals surface area contributed by atoms with Crippen molar-refractivity contribution in [1.29, 1.82) is 0 Å². The van der Waals surface area contributed by atoms with Gasteiger partial charge in [-0.3, -0.25) is 19.0 Å². The first-order chi connectivity index (χ1) is 15.3. The number of thioether (sulfide) groups is 1. The monoisotopic (exact) mass is 454 g/mol. The summed E-state index contributed by atoms with van der Waals surface area (Å²) >= 11 is 1.24. The number of ketones is 1. The summed E-state index contributed by atoms with van der Waals surface area (Å²) in [4.78, 5) is 44.8. The molecule has 7 nitrogen and oxygen atoms in total. The summed E-state index contributed by atoms with van der Waals surface area (Å²) in [5.41, 5.74) is 1.24. The highest BCUT2D eigenvalue weighted by molar-refractivity contribution is 7.99. The number of carbonyl (C=O) groups excluding carboxylic acids is 2. The number of carbonyl (C=O) groups is 2. The lowest BCUT2D eigenvalue weighted by atomic mass is 10.1. The summed E-state index contributed by atoms with van der Waals surface area (Å²) in [5, 5.41) is 1.04. The van der Waals surface area contributed by atoms with E-state index in [4.69, 9.17) is 0 Å². The molecule has 1 amide bonds. The molecule has 32 heavy (non-hydrogen) atoms. The van der Waals surface area contributed by atoms with E-state index in [0.29, 0.717) is 53.5 Å². The van der Waals surface area contributed by atoms with Gasteiger partial charge in [-0.15, -0.1) is 0 Å². The predicted octanol–water partition coefficient (Wildman–Crippen LogP) is 2.72. The first-order valence-corrected chi connectivity index (χ1v) is 11.3. The SMILES string of the molecule is CC(=O)c1ccc(N2CCN(C(=O)CSc3nc4ccccc4c(=O)n3C)CC2)c(F)c1. The topological polar surface area (TPSA) is 75.5 Å². The van der Waals surface area contributed by atoms with E-state index in [2.05, 4.69) is 4.98 Å². The van der Waals surface area contributed by atoms with Crippen molar-refractivity contribution in [3.05, 3.63) is 64.2 Å². The Hall–Kier alpha value is -3.20. The van der Waals surface area contributed by atoms with Gasteiger partial charge in [-0.25, -0.2) is 9.37 Å².